The maximum atomic E-state index is 12.4. The van der Waals surface area contributed by atoms with Gasteiger partial charge in [-0.3, -0.25) is 22.8 Å². The number of hydrogen-bond acceptors (Lipinski definition) is 18. The summed E-state index contributed by atoms with van der Waals surface area (Å²) >= 11 is 0. The van der Waals surface area contributed by atoms with E-state index in [9.17, 15) is 80.2 Å². The van der Waals surface area contributed by atoms with Gasteiger partial charge in [0.25, 0.3) is 50.6 Å². The summed E-state index contributed by atoms with van der Waals surface area (Å²) in [5.74, 6) is -3.35. The van der Waals surface area contributed by atoms with Crippen molar-refractivity contribution in [1.29, 1.82) is 0 Å². The Labute approximate surface area is 302 Å². The number of nitrogens with two attached hydrogens (primary N) is 1. The highest BCUT2D eigenvalue weighted by Gasteiger charge is 2.29. The summed E-state index contributed by atoms with van der Waals surface area (Å²) < 4.78 is 170. The summed E-state index contributed by atoms with van der Waals surface area (Å²) in [6.45, 7) is 0. The van der Waals surface area contributed by atoms with E-state index in [1.54, 1.807) is 0 Å². The Morgan fingerprint density at radius 2 is 1.00 bits per heavy atom. The van der Waals surface area contributed by atoms with E-state index in [4.69, 9.17) is 5.73 Å². The zero-order valence-corrected chi connectivity index (χ0v) is 29.8. The lowest BCUT2D eigenvalue weighted by Gasteiger charge is -2.13. The molecule has 0 aliphatic rings. The van der Waals surface area contributed by atoms with E-state index in [1.165, 1.54) is 0 Å². The van der Waals surface area contributed by atoms with Crippen LogP contribution < -0.4 is 5.73 Å². The molecule has 5 rings (SSSR count). The molecule has 0 bridgehead atoms. The highest BCUT2D eigenvalue weighted by Crippen LogP contribution is 2.48. The van der Waals surface area contributed by atoms with Crippen LogP contribution in [0.5, 0.6) is 17.2 Å². The Morgan fingerprint density at radius 3 is 1.56 bits per heavy atom. The number of phenolic OH excluding ortho intramolecular Hbond substituents is 3. The van der Waals surface area contributed by atoms with Crippen molar-refractivity contribution in [3.8, 4) is 17.2 Å². The van der Waals surface area contributed by atoms with Crippen molar-refractivity contribution in [2.24, 2.45) is 20.5 Å². The first-order valence-corrected chi connectivity index (χ1v) is 20.8. The van der Waals surface area contributed by atoms with Crippen LogP contribution in [0.4, 0.5) is 28.4 Å². The molecule has 0 aromatic heterocycles. The van der Waals surface area contributed by atoms with Gasteiger partial charge in [0.2, 0.25) is 0 Å². The quantitative estimate of drug-likeness (QED) is 0.0579. The molecule has 286 valence electrons. The largest absolute Gasteiger partial charge is 0.506 e. The fraction of sp³-hybridized carbons (Fsp3) is 0. The molecule has 0 heterocycles. The van der Waals surface area contributed by atoms with E-state index in [2.05, 4.69) is 20.5 Å². The Morgan fingerprint density at radius 1 is 0.444 bits per heavy atom. The van der Waals surface area contributed by atoms with Crippen molar-refractivity contribution >= 4 is 101 Å². The number of benzene rings is 5. The molecule has 0 amide bonds. The SMILES string of the molecule is Nc1ccc(N=Nc2c(S(=O)(=O)O)cc3c(N=Nc4cc(S(=O)(=O)O)c5cc(S(=O)(=O)O)cc(S(=O)(=O)O)c5c4O)c(O)ccc3c2O)c(S(=O)(=O)O)c1. The van der Waals surface area contributed by atoms with Crippen molar-refractivity contribution in [1.82, 2.24) is 0 Å². The fourth-order valence-corrected chi connectivity index (χ4v) is 8.24. The smallest absolute Gasteiger partial charge is 0.296 e. The van der Waals surface area contributed by atoms with Crippen LogP contribution in [0.25, 0.3) is 21.5 Å². The molecule has 5 aromatic carbocycles. The summed E-state index contributed by atoms with van der Waals surface area (Å²) in [6.07, 6.45) is 0. The Bertz CT molecular complexity index is 3110. The van der Waals surface area contributed by atoms with Gasteiger partial charge < -0.3 is 21.1 Å². The van der Waals surface area contributed by atoms with E-state index in [0.717, 1.165) is 30.3 Å². The predicted octanol–water partition coefficient (Wildman–Crippen LogP) is 3.76. The number of nitrogen functional groups attached to an aromatic ring is 1. The third-order valence-electron chi connectivity index (χ3n) is 7.18. The molecule has 0 aliphatic carbocycles. The first kappa shape index (κ1) is 39.8. The standard InChI is InChI=1S/C26H19N5O18S5/c27-10-1-3-15(19(5-10)52(41,42)43)28-31-24-21(54(47,48)49)8-13-12(25(24)33)2-4-17(32)23(13)30-29-16-9-18(51(38,39)40)14-6-11(50(35,36)37)7-20(53(44,45)46)22(14)26(16)34/h1-9,32-34H,27H2,(H,35,36,37)(H,38,39,40)(H,41,42,43)(H,44,45,46)(H,47,48,49). The minimum atomic E-state index is -5.58. The van der Waals surface area contributed by atoms with Gasteiger partial charge in [-0.05, 0) is 54.6 Å². The normalized spacial score (nSPS) is 13.4. The van der Waals surface area contributed by atoms with Gasteiger partial charge in [0, 0.05) is 27.2 Å². The lowest BCUT2D eigenvalue weighted by atomic mass is 10.1. The van der Waals surface area contributed by atoms with Gasteiger partial charge in [-0.25, -0.2) is 0 Å². The van der Waals surface area contributed by atoms with E-state index < -0.39 is 137 Å². The van der Waals surface area contributed by atoms with Crippen molar-refractivity contribution in [2.45, 2.75) is 24.5 Å². The molecule has 23 nitrogen and oxygen atoms in total. The van der Waals surface area contributed by atoms with Crippen LogP contribution >= 0.6 is 0 Å². The van der Waals surface area contributed by atoms with Gasteiger partial charge in [0.1, 0.15) is 48.1 Å². The van der Waals surface area contributed by atoms with E-state index in [1.807, 2.05) is 0 Å². The molecule has 28 heteroatoms. The number of fused-ring (bicyclic) bond motifs is 2. The minimum Gasteiger partial charge on any atom is -0.506 e. The van der Waals surface area contributed by atoms with Crippen LogP contribution in [0.1, 0.15) is 0 Å². The molecule has 0 fully saturated rings. The van der Waals surface area contributed by atoms with Crippen molar-refractivity contribution in [3.63, 3.8) is 0 Å². The topological polar surface area (TPSA) is 408 Å². The average molecular weight is 850 g/mol. The van der Waals surface area contributed by atoms with E-state index in [0.29, 0.717) is 18.2 Å². The second-order valence-electron chi connectivity index (χ2n) is 10.7. The number of aromatic hydroxyl groups is 3. The van der Waals surface area contributed by atoms with Crippen LogP contribution in [0, 0.1) is 0 Å². The highest BCUT2D eigenvalue weighted by molar-refractivity contribution is 7.87. The highest BCUT2D eigenvalue weighted by atomic mass is 32.2. The lowest BCUT2D eigenvalue weighted by molar-refractivity contribution is 0.470. The number of hydrogen-bond donors (Lipinski definition) is 9. The van der Waals surface area contributed by atoms with Gasteiger partial charge in [-0.15, -0.1) is 20.5 Å². The molecule has 0 saturated carbocycles. The molecule has 10 N–H and O–H groups in total. The molecule has 0 radical (unpaired) electrons. The second kappa shape index (κ2) is 13.2. The number of azo groups is 2. The Hall–Kier alpha value is -5.43. The van der Waals surface area contributed by atoms with Gasteiger partial charge in [-0.2, -0.15) is 42.1 Å². The molecule has 0 aliphatic heterocycles. The first-order valence-electron chi connectivity index (χ1n) is 13.6. The van der Waals surface area contributed by atoms with Crippen molar-refractivity contribution in [3.05, 3.63) is 54.6 Å². The Kier molecular flexibility index (Phi) is 9.69. The molecule has 5 aromatic rings. The van der Waals surface area contributed by atoms with Crippen LogP contribution in [0.15, 0.2) is 99.5 Å². The monoisotopic (exact) mass is 849 g/mol. The molecule has 0 saturated heterocycles. The summed E-state index contributed by atoms with van der Waals surface area (Å²) in [6, 6.07) is 5.96. The van der Waals surface area contributed by atoms with Crippen LogP contribution in [-0.2, 0) is 50.6 Å². The van der Waals surface area contributed by atoms with E-state index in [-0.39, 0.29) is 11.8 Å². The number of phenols is 3. The number of rotatable bonds is 9. The lowest BCUT2D eigenvalue weighted by Crippen LogP contribution is -2.07. The maximum Gasteiger partial charge on any atom is 0.296 e. The molecular formula is C26H19N5O18S5. The van der Waals surface area contributed by atoms with Crippen LogP contribution in [0.2, 0.25) is 0 Å². The third-order valence-corrected chi connectivity index (χ3v) is 11.5. The average Bonchev–Trinajstić information content (AvgIpc) is 3.02. The van der Waals surface area contributed by atoms with Crippen LogP contribution in [-0.4, -0.2) is 80.2 Å². The number of nitrogens with zero attached hydrogens (tertiary/aromatic N) is 4. The Balaban J connectivity index is 1.80. The summed E-state index contributed by atoms with van der Waals surface area (Å²) in [4.78, 5) is -6.31. The molecule has 0 unspecified atom stereocenters. The second-order valence-corrected chi connectivity index (χ2v) is 17.7. The molecule has 0 spiro atoms. The fourth-order valence-electron chi connectivity index (χ4n) is 4.89. The van der Waals surface area contributed by atoms with E-state index >= 15 is 0 Å². The first-order chi connectivity index (χ1) is 24.6. The number of anilines is 1. The molecule has 0 atom stereocenters. The minimum absolute atomic E-state index is 0.128. The molecule has 54 heavy (non-hydrogen) atoms. The van der Waals surface area contributed by atoms with Gasteiger partial charge in [0.15, 0.2) is 11.5 Å². The zero-order chi connectivity index (χ0) is 40.5. The summed E-state index contributed by atoms with van der Waals surface area (Å²) in [5, 5.41) is 43.7. The van der Waals surface area contributed by atoms with Crippen LogP contribution in [0.3, 0.4) is 0 Å². The third kappa shape index (κ3) is 7.63. The van der Waals surface area contributed by atoms with Crippen molar-refractivity contribution in [2.75, 3.05) is 5.73 Å². The van der Waals surface area contributed by atoms with Gasteiger partial charge >= 0.3 is 0 Å². The van der Waals surface area contributed by atoms with Crippen molar-refractivity contribution < 1.29 is 80.2 Å². The summed E-state index contributed by atoms with van der Waals surface area (Å²) in [7, 11) is -26.8. The zero-order valence-electron chi connectivity index (χ0n) is 25.8. The maximum absolute atomic E-state index is 12.4. The summed E-state index contributed by atoms with van der Waals surface area (Å²) in [5.41, 5.74) is 1.87. The predicted molar refractivity (Wildman–Crippen MR) is 181 cm³/mol. The van der Waals surface area contributed by atoms with Gasteiger partial charge in [-0.1, -0.05) is 0 Å². The van der Waals surface area contributed by atoms with Gasteiger partial charge in [0.05, 0.1) is 4.90 Å². The molecular weight excluding hydrogens is 831 g/mol.